The first-order chi connectivity index (χ1) is 25.0. The van der Waals surface area contributed by atoms with Crippen molar-refractivity contribution in [2.24, 2.45) is 9.90 Å². The van der Waals surface area contributed by atoms with Crippen LogP contribution in [0.1, 0.15) is 103 Å². The van der Waals surface area contributed by atoms with Gasteiger partial charge in [-0.2, -0.15) is 4.74 Å². The summed E-state index contributed by atoms with van der Waals surface area (Å²) >= 11 is 0. The smallest absolute Gasteiger partial charge is 0.355 e. The molecule has 5 aromatic rings. The number of amides is 1. The van der Waals surface area contributed by atoms with Crippen LogP contribution < -0.4 is 0 Å². The van der Waals surface area contributed by atoms with E-state index in [9.17, 15) is 18.8 Å². The summed E-state index contributed by atoms with van der Waals surface area (Å²) in [4.78, 5) is 49.6. The quantitative estimate of drug-likeness (QED) is 0.0543. The van der Waals surface area contributed by atoms with Gasteiger partial charge in [-0.25, -0.2) is 9.18 Å². The third-order valence-electron chi connectivity index (χ3n) is 11.8. The molecule has 51 heavy (non-hydrogen) atoms. The number of halogens is 1. The first-order valence-electron chi connectivity index (χ1n) is 18.5. The van der Waals surface area contributed by atoms with Gasteiger partial charge < -0.3 is 4.98 Å². The topological polar surface area (TPSA) is 101 Å². The monoisotopic (exact) mass is 703 g/mol. The van der Waals surface area contributed by atoms with E-state index in [1.165, 1.54) is 38.5 Å². The maximum atomic E-state index is 14.4. The van der Waals surface area contributed by atoms with Crippen LogP contribution in [0.15, 0.2) is 88.8 Å². The number of hydrogen-bond donors (Lipinski definition) is 1. The number of fused-ring (bicyclic) bond motifs is 4. The number of rotatable bonds is 9. The Bertz CT molecular complexity index is 2190. The highest BCUT2D eigenvalue weighted by atomic mass is 31.2. The largest absolute Gasteiger partial charge is 0.458 e. The van der Waals surface area contributed by atoms with Crippen molar-refractivity contribution in [2.75, 3.05) is 6.67 Å². The minimum absolute atomic E-state index is 0.102. The van der Waals surface area contributed by atoms with Crippen LogP contribution in [0.4, 0.5) is 9.18 Å². The van der Waals surface area contributed by atoms with Crippen LogP contribution in [-0.4, -0.2) is 52.0 Å². The zero-order valence-corrected chi connectivity index (χ0v) is 29.7. The third-order valence-corrected chi connectivity index (χ3v) is 17.3. The standard InChI is InChI=1S/C42H43FN3O4P/c43-26-39(45-50-42(49)46-51(30-12-2-3-13-30,31-14-4-5-15-31)32-16-6-7-17-32)41(48)29-21-23-38-36(25-29)35-24-28(20-22-37(35)44-38)40(47)34-19-9-11-27-10-1-8-18-33(27)34/h1,8-11,18-25,30-32,44H,2-7,12-17,26H2/b45-39+. The van der Waals surface area contributed by atoms with Crippen LogP contribution in [0, 0.1) is 0 Å². The molecule has 3 aliphatic carbocycles. The maximum absolute atomic E-state index is 14.4. The van der Waals surface area contributed by atoms with Crippen molar-refractivity contribution in [2.45, 2.75) is 94.0 Å². The van der Waals surface area contributed by atoms with E-state index in [2.05, 4.69) is 10.1 Å². The number of nitrogens with zero attached hydrogens (tertiary/aromatic N) is 2. The molecular formula is C42H43FN3O4P. The average molecular weight is 704 g/mol. The van der Waals surface area contributed by atoms with Crippen molar-refractivity contribution in [1.82, 2.24) is 4.98 Å². The van der Waals surface area contributed by atoms with Crippen LogP contribution in [-0.2, 0) is 4.84 Å². The van der Waals surface area contributed by atoms with Gasteiger partial charge in [-0.15, -0.1) is 0 Å². The van der Waals surface area contributed by atoms with Crippen LogP contribution in [0.2, 0.25) is 0 Å². The number of aromatic amines is 1. The van der Waals surface area contributed by atoms with Crippen molar-refractivity contribution in [3.63, 3.8) is 0 Å². The van der Waals surface area contributed by atoms with Crippen LogP contribution in [0.25, 0.3) is 32.6 Å². The number of benzene rings is 4. The molecular weight excluding hydrogens is 660 g/mol. The number of carbonyl (C=O) groups excluding carboxylic acids is 3. The number of ketones is 2. The highest BCUT2D eigenvalue weighted by molar-refractivity contribution is 7.68. The molecule has 262 valence electrons. The Morgan fingerprint density at radius 1 is 0.686 bits per heavy atom. The Labute approximate surface area is 297 Å². The third kappa shape index (κ3) is 6.26. The van der Waals surface area contributed by atoms with Gasteiger partial charge in [0.25, 0.3) is 0 Å². The second kappa shape index (κ2) is 14.3. The molecule has 0 bridgehead atoms. The molecule has 3 aliphatic rings. The van der Waals surface area contributed by atoms with E-state index in [1.54, 1.807) is 24.3 Å². The summed E-state index contributed by atoms with van der Waals surface area (Å²) < 4.78 is 19.4. The van der Waals surface area contributed by atoms with Crippen molar-refractivity contribution in [3.05, 3.63) is 95.6 Å². The molecule has 0 saturated heterocycles. The molecule has 3 saturated carbocycles. The summed E-state index contributed by atoms with van der Waals surface area (Å²) in [6, 6.07) is 24.0. The highest BCUT2D eigenvalue weighted by Gasteiger charge is 2.47. The fraction of sp³-hybridized carbons (Fsp3) is 0.381. The van der Waals surface area contributed by atoms with E-state index in [-0.39, 0.29) is 11.3 Å². The fourth-order valence-corrected chi connectivity index (χ4v) is 15.6. The lowest BCUT2D eigenvalue weighted by atomic mass is 9.96. The molecule has 1 aromatic heterocycles. The number of carbonyl (C=O) groups is 3. The van der Waals surface area contributed by atoms with Crippen molar-refractivity contribution in [3.8, 4) is 0 Å². The molecule has 0 atom stereocenters. The second-order valence-corrected chi connectivity index (χ2v) is 18.5. The van der Waals surface area contributed by atoms with Gasteiger partial charge in [0.1, 0.15) is 6.67 Å². The van der Waals surface area contributed by atoms with E-state index >= 15 is 0 Å². The number of alkyl halides is 1. The number of hydrogen-bond acceptors (Lipinski definition) is 5. The first-order valence-corrected chi connectivity index (χ1v) is 20.5. The number of oxime groups is 1. The highest BCUT2D eigenvalue weighted by Crippen LogP contribution is 2.72. The van der Waals surface area contributed by atoms with Crippen LogP contribution in [0.5, 0.6) is 0 Å². The van der Waals surface area contributed by atoms with Gasteiger partial charge in [0.15, 0.2) is 11.5 Å². The van der Waals surface area contributed by atoms with Gasteiger partial charge in [0.2, 0.25) is 5.78 Å². The molecule has 0 spiro atoms. The summed E-state index contributed by atoms with van der Waals surface area (Å²) in [5, 5.41) is 7.17. The lowest BCUT2D eigenvalue weighted by molar-refractivity contribution is 0.103. The average Bonchev–Trinajstić information content (AvgIpc) is 4.01. The van der Waals surface area contributed by atoms with E-state index in [0.717, 1.165) is 65.7 Å². The fourth-order valence-electron chi connectivity index (χ4n) is 9.40. The van der Waals surface area contributed by atoms with Gasteiger partial charge in [0.05, 0.1) is 0 Å². The molecule has 0 unspecified atom stereocenters. The predicted octanol–water partition coefficient (Wildman–Crippen LogP) is 11.4. The van der Waals surface area contributed by atoms with Crippen LogP contribution in [0.3, 0.4) is 0 Å². The zero-order valence-electron chi connectivity index (χ0n) is 28.8. The van der Waals surface area contributed by atoms with Crippen molar-refractivity contribution < 1.29 is 23.6 Å². The minimum Gasteiger partial charge on any atom is -0.355 e. The molecule has 9 heteroatoms. The molecule has 0 radical (unpaired) electrons. The zero-order chi connectivity index (χ0) is 35.0. The van der Waals surface area contributed by atoms with Gasteiger partial charge in [-0.05, 0) is 110 Å². The Balaban J connectivity index is 1.09. The van der Waals surface area contributed by atoms with Crippen LogP contribution >= 0.6 is 7.05 Å². The number of H-pyrrole nitrogens is 1. The Hall–Kier alpha value is -4.42. The van der Waals surface area contributed by atoms with Gasteiger partial charge in [0, 0.05) is 38.5 Å². The second-order valence-electron chi connectivity index (χ2n) is 14.6. The molecule has 3 fully saturated rings. The number of nitrogens with one attached hydrogen (secondary N) is 1. The van der Waals surface area contributed by atoms with Crippen molar-refractivity contribution >= 4 is 63.0 Å². The van der Waals surface area contributed by atoms with Gasteiger partial charge in [-0.3, -0.25) is 14.4 Å². The normalized spacial score (nSPS) is 17.9. The Kier molecular flexibility index (Phi) is 9.45. The van der Waals surface area contributed by atoms with E-state index in [0.29, 0.717) is 33.5 Å². The molecule has 7 nitrogen and oxygen atoms in total. The van der Waals surface area contributed by atoms with Gasteiger partial charge in [-0.1, -0.05) is 86.1 Å². The summed E-state index contributed by atoms with van der Waals surface area (Å²) in [5.74, 6) is -0.761. The molecule has 8 rings (SSSR count). The summed E-state index contributed by atoms with van der Waals surface area (Å²) in [7, 11) is -2.06. The van der Waals surface area contributed by atoms with Crippen molar-refractivity contribution in [1.29, 1.82) is 0 Å². The predicted molar refractivity (Wildman–Crippen MR) is 204 cm³/mol. The summed E-state index contributed by atoms with van der Waals surface area (Å²) in [5.41, 5.74) is 3.80. The van der Waals surface area contributed by atoms with E-state index in [1.807, 2.05) is 54.6 Å². The molecule has 0 aliphatic heterocycles. The molecule has 4 aromatic carbocycles. The van der Waals surface area contributed by atoms with E-state index in [4.69, 9.17) is 9.58 Å². The number of Topliss-reactive ketones (excluding diaryl/α,β-unsaturated/α-hetero) is 1. The Morgan fingerprint density at radius 2 is 1.24 bits per heavy atom. The first kappa shape index (κ1) is 33.7. The molecule has 1 heterocycles. The number of aromatic nitrogens is 1. The minimum atomic E-state index is -2.06. The maximum Gasteiger partial charge on any atom is 0.458 e. The molecule has 1 N–H and O–H groups in total. The summed E-state index contributed by atoms with van der Waals surface area (Å²) in [6.45, 7) is -1.18. The van der Waals surface area contributed by atoms with Gasteiger partial charge >= 0.3 is 6.09 Å². The lowest BCUT2D eigenvalue weighted by Gasteiger charge is -2.40. The SMILES string of the molecule is O=C(N=P(C1CCCC1)(C1CCCC1)C1CCCC1)O/N=C(\CF)C(=O)c1ccc2[nH]c3ccc(C(=O)c4cccc5ccccc45)cc3c2c1. The van der Waals surface area contributed by atoms with E-state index < -0.39 is 31.3 Å². The molecule has 1 amide bonds. The summed E-state index contributed by atoms with van der Waals surface area (Å²) in [6.07, 6.45) is 13.0. The lowest BCUT2D eigenvalue weighted by Crippen LogP contribution is -2.24. The Morgan fingerprint density at radius 3 is 1.84 bits per heavy atom.